The van der Waals surface area contributed by atoms with Crippen LogP contribution < -0.4 is 0 Å². The Hall–Kier alpha value is -0.280. The van der Waals surface area contributed by atoms with Gasteiger partial charge in [-0.2, -0.15) is 0 Å². The molecule has 18 heavy (non-hydrogen) atoms. The normalized spacial score (nSPS) is 10.7. The zero-order chi connectivity index (χ0) is 13.1. The van der Waals surface area contributed by atoms with E-state index in [4.69, 9.17) is 23.2 Å². The van der Waals surface area contributed by atoms with Crippen molar-refractivity contribution in [2.75, 3.05) is 12.5 Å². The van der Waals surface area contributed by atoms with Crippen LogP contribution in [-0.4, -0.2) is 12.5 Å². The van der Waals surface area contributed by atoms with Crippen LogP contribution in [0.15, 0.2) is 46.2 Å². The largest absolute Gasteiger partial charge is 0.128 e. The van der Waals surface area contributed by atoms with Crippen molar-refractivity contribution in [3.63, 3.8) is 0 Å². The third-order valence-electron chi connectivity index (χ3n) is 2.58. The molecule has 0 nitrogen and oxygen atoms in total. The summed E-state index contributed by atoms with van der Waals surface area (Å²) in [5.41, 5.74) is 2.24. The molecule has 0 N–H and O–H groups in total. The van der Waals surface area contributed by atoms with Gasteiger partial charge in [-0.05, 0) is 47.9 Å². The van der Waals surface area contributed by atoms with Gasteiger partial charge in [-0.15, -0.1) is 23.5 Å². The summed E-state index contributed by atoms with van der Waals surface area (Å²) >= 11 is 15.6. The highest BCUT2D eigenvalue weighted by Gasteiger charge is 2.10. The van der Waals surface area contributed by atoms with E-state index in [2.05, 4.69) is 30.7 Å². The zero-order valence-electron chi connectivity index (χ0n) is 10.0. The van der Waals surface area contributed by atoms with Crippen molar-refractivity contribution in [3.05, 3.63) is 46.4 Å². The van der Waals surface area contributed by atoms with Gasteiger partial charge in [0, 0.05) is 19.8 Å². The SMILES string of the molecule is CSc1cccc(-c2cc(Cl)cc(Cl)c2)c1SC. The highest BCUT2D eigenvalue weighted by molar-refractivity contribution is 8.01. The Morgan fingerprint density at radius 3 is 2.11 bits per heavy atom. The fourth-order valence-corrected chi connectivity index (χ4v) is 4.03. The molecule has 0 spiro atoms. The van der Waals surface area contributed by atoms with Gasteiger partial charge in [-0.3, -0.25) is 0 Å². The van der Waals surface area contributed by atoms with E-state index >= 15 is 0 Å². The Balaban J connectivity index is 2.63. The summed E-state index contributed by atoms with van der Waals surface area (Å²) in [6.45, 7) is 0. The summed E-state index contributed by atoms with van der Waals surface area (Å²) < 4.78 is 0. The van der Waals surface area contributed by atoms with Crippen LogP contribution in [-0.2, 0) is 0 Å². The molecule has 0 amide bonds. The summed E-state index contributed by atoms with van der Waals surface area (Å²) in [6.07, 6.45) is 4.18. The predicted molar refractivity (Wildman–Crippen MR) is 85.5 cm³/mol. The van der Waals surface area contributed by atoms with E-state index < -0.39 is 0 Å². The molecule has 2 aromatic carbocycles. The van der Waals surface area contributed by atoms with E-state index in [9.17, 15) is 0 Å². The van der Waals surface area contributed by atoms with Crippen LogP contribution in [0.1, 0.15) is 0 Å². The van der Waals surface area contributed by atoms with Gasteiger partial charge in [0.2, 0.25) is 0 Å². The summed E-state index contributed by atoms with van der Waals surface area (Å²) in [5.74, 6) is 0. The minimum atomic E-state index is 0.666. The summed E-state index contributed by atoms with van der Waals surface area (Å²) in [4.78, 5) is 2.54. The van der Waals surface area contributed by atoms with Gasteiger partial charge in [0.15, 0.2) is 0 Å². The Kier molecular flexibility index (Phi) is 4.91. The molecule has 0 aliphatic rings. The van der Waals surface area contributed by atoms with Crippen molar-refractivity contribution >= 4 is 46.7 Å². The maximum Gasteiger partial charge on any atom is 0.0426 e. The molecule has 2 aromatic rings. The Morgan fingerprint density at radius 1 is 0.889 bits per heavy atom. The van der Waals surface area contributed by atoms with Crippen LogP contribution in [0.2, 0.25) is 10.0 Å². The van der Waals surface area contributed by atoms with Gasteiger partial charge in [-0.25, -0.2) is 0 Å². The maximum atomic E-state index is 6.07. The first-order valence-corrected chi connectivity index (χ1v) is 8.53. The molecule has 0 bridgehead atoms. The van der Waals surface area contributed by atoms with E-state index in [1.54, 1.807) is 29.6 Å². The van der Waals surface area contributed by atoms with E-state index in [-0.39, 0.29) is 0 Å². The lowest BCUT2D eigenvalue weighted by molar-refractivity contribution is 1.26. The number of hydrogen-bond acceptors (Lipinski definition) is 2. The third-order valence-corrected chi connectivity index (χ3v) is 4.77. The zero-order valence-corrected chi connectivity index (χ0v) is 13.2. The molecule has 0 unspecified atom stereocenters. The highest BCUT2D eigenvalue weighted by Crippen LogP contribution is 2.38. The molecule has 0 aromatic heterocycles. The van der Waals surface area contributed by atoms with E-state index in [1.807, 2.05) is 12.1 Å². The quantitative estimate of drug-likeness (QED) is 0.627. The number of hydrogen-bond donors (Lipinski definition) is 0. The fraction of sp³-hybridized carbons (Fsp3) is 0.143. The van der Waals surface area contributed by atoms with Gasteiger partial charge < -0.3 is 0 Å². The molecule has 94 valence electrons. The van der Waals surface area contributed by atoms with Gasteiger partial charge in [0.05, 0.1) is 0 Å². The molecule has 2 rings (SSSR count). The van der Waals surface area contributed by atoms with Crippen LogP contribution in [0.4, 0.5) is 0 Å². The molecule has 0 aliphatic heterocycles. The standard InChI is InChI=1S/C14H12Cl2S2/c1-17-13-5-3-4-12(14(13)18-2)9-6-10(15)8-11(16)7-9/h3-8H,1-2H3. The number of benzene rings is 2. The van der Waals surface area contributed by atoms with Crippen molar-refractivity contribution < 1.29 is 0 Å². The monoisotopic (exact) mass is 314 g/mol. The number of rotatable bonds is 3. The van der Waals surface area contributed by atoms with Crippen molar-refractivity contribution in [1.82, 2.24) is 0 Å². The first-order valence-electron chi connectivity index (χ1n) is 5.33. The van der Waals surface area contributed by atoms with Crippen LogP contribution in [0.5, 0.6) is 0 Å². The molecule has 0 aliphatic carbocycles. The molecule has 0 fully saturated rings. The van der Waals surface area contributed by atoms with E-state index in [1.165, 1.54) is 15.4 Å². The molecule has 0 radical (unpaired) electrons. The summed E-state index contributed by atoms with van der Waals surface area (Å²) in [5, 5.41) is 1.33. The number of thioether (sulfide) groups is 2. The smallest absolute Gasteiger partial charge is 0.0426 e. The molecule has 0 saturated carbocycles. The van der Waals surface area contributed by atoms with Crippen LogP contribution >= 0.6 is 46.7 Å². The fourth-order valence-electron chi connectivity index (χ4n) is 1.82. The lowest BCUT2D eigenvalue weighted by Crippen LogP contribution is -1.85. The second kappa shape index (κ2) is 6.25. The Morgan fingerprint density at radius 2 is 1.56 bits per heavy atom. The molecule has 0 saturated heterocycles. The van der Waals surface area contributed by atoms with E-state index in [0.717, 1.165) is 5.56 Å². The lowest BCUT2D eigenvalue weighted by atomic mass is 10.1. The van der Waals surface area contributed by atoms with Crippen LogP contribution in [0.3, 0.4) is 0 Å². The van der Waals surface area contributed by atoms with Crippen molar-refractivity contribution in [1.29, 1.82) is 0 Å². The van der Waals surface area contributed by atoms with Gasteiger partial charge in [0.25, 0.3) is 0 Å². The average Bonchev–Trinajstić information content (AvgIpc) is 2.36. The first kappa shape index (κ1) is 14.1. The number of halogens is 2. The lowest BCUT2D eigenvalue weighted by Gasteiger charge is -2.12. The molecule has 0 heterocycles. The Labute approximate surface area is 126 Å². The minimum Gasteiger partial charge on any atom is -0.128 e. The second-order valence-electron chi connectivity index (χ2n) is 3.70. The topological polar surface area (TPSA) is 0 Å². The second-order valence-corrected chi connectivity index (χ2v) is 6.24. The van der Waals surface area contributed by atoms with Crippen molar-refractivity contribution in [2.24, 2.45) is 0 Å². The van der Waals surface area contributed by atoms with Crippen molar-refractivity contribution in [3.8, 4) is 11.1 Å². The van der Waals surface area contributed by atoms with Crippen molar-refractivity contribution in [2.45, 2.75) is 9.79 Å². The third kappa shape index (κ3) is 3.00. The first-order chi connectivity index (χ1) is 8.65. The molecule has 4 heteroatoms. The van der Waals surface area contributed by atoms with Crippen LogP contribution in [0, 0.1) is 0 Å². The summed E-state index contributed by atoms with van der Waals surface area (Å²) in [7, 11) is 0. The van der Waals surface area contributed by atoms with Gasteiger partial charge >= 0.3 is 0 Å². The minimum absolute atomic E-state index is 0.666. The molecule has 0 atom stereocenters. The van der Waals surface area contributed by atoms with Crippen LogP contribution in [0.25, 0.3) is 11.1 Å². The highest BCUT2D eigenvalue weighted by atomic mass is 35.5. The van der Waals surface area contributed by atoms with Gasteiger partial charge in [0.1, 0.15) is 0 Å². The predicted octanol–water partition coefficient (Wildman–Crippen LogP) is 6.10. The molecular formula is C14H12Cl2S2. The Bertz CT molecular complexity index is 547. The molecular weight excluding hydrogens is 303 g/mol. The average molecular weight is 315 g/mol. The summed E-state index contributed by atoms with van der Waals surface area (Å²) in [6, 6.07) is 12.0. The van der Waals surface area contributed by atoms with Gasteiger partial charge in [-0.1, -0.05) is 35.3 Å². The van der Waals surface area contributed by atoms with E-state index in [0.29, 0.717) is 10.0 Å². The maximum absolute atomic E-state index is 6.07.